The number of carbonyl (C=O) groups is 1. The normalized spacial score (nSPS) is 24.6. The van der Waals surface area contributed by atoms with E-state index in [0.717, 1.165) is 54.1 Å². The number of hydrogen-bond donors (Lipinski definition) is 4. The summed E-state index contributed by atoms with van der Waals surface area (Å²) in [5.41, 5.74) is 2.28. The topological polar surface area (TPSA) is 104 Å². The third-order valence-corrected chi connectivity index (χ3v) is 6.54. The minimum Gasteiger partial charge on any atom is -0.390 e. The molecule has 8 heteroatoms. The molecule has 1 fully saturated rings. The molecule has 0 spiro atoms. The quantitative estimate of drug-likeness (QED) is 0.512. The molecule has 0 radical (unpaired) electrons. The van der Waals surface area contributed by atoms with Gasteiger partial charge in [-0.1, -0.05) is 12.1 Å². The maximum Gasteiger partial charge on any atom is 0.247 e. The number of carbonyl (C=O) groups excluding carboxylic acids is 1. The molecule has 0 saturated heterocycles. The number of rotatable bonds is 4. The highest BCUT2D eigenvalue weighted by molar-refractivity contribution is 6.06. The van der Waals surface area contributed by atoms with Crippen LogP contribution in [-0.4, -0.2) is 37.3 Å². The van der Waals surface area contributed by atoms with Gasteiger partial charge in [-0.25, -0.2) is 0 Å². The first-order chi connectivity index (χ1) is 14.7. The Morgan fingerprint density at radius 1 is 1.16 bits per heavy atom. The van der Waals surface area contributed by atoms with E-state index in [1.165, 1.54) is 0 Å². The summed E-state index contributed by atoms with van der Waals surface area (Å²) >= 11 is 0. The van der Waals surface area contributed by atoms with Crippen LogP contribution >= 0.6 is 0 Å². The Hall–Kier alpha value is -3.13. The second-order valence-corrected chi connectivity index (χ2v) is 9.50. The maximum atomic E-state index is 12.2. The number of nitrogens with zero attached hydrogens (tertiary/aromatic N) is 3. The number of fused-ring (bicyclic) bond motifs is 2. The Kier molecular flexibility index (Phi) is 4.44. The number of benzene rings is 1. The van der Waals surface area contributed by atoms with Gasteiger partial charge in [-0.2, -0.15) is 9.50 Å². The molecule has 0 bridgehead atoms. The molecule has 5 rings (SSSR count). The van der Waals surface area contributed by atoms with Gasteiger partial charge in [0, 0.05) is 17.4 Å². The Morgan fingerprint density at radius 2 is 1.94 bits per heavy atom. The van der Waals surface area contributed by atoms with Crippen LogP contribution in [-0.2, 0) is 10.2 Å². The van der Waals surface area contributed by atoms with E-state index >= 15 is 0 Å². The van der Waals surface area contributed by atoms with Crippen molar-refractivity contribution in [2.75, 3.05) is 16.0 Å². The molecule has 3 heterocycles. The molecule has 2 aromatic heterocycles. The van der Waals surface area contributed by atoms with E-state index in [1.807, 2.05) is 57.2 Å². The molecule has 1 saturated carbocycles. The van der Waals surface area contributed by atoms with Crippen LogP contribution in [0.2, 0.25) is 0 Å². The van der Waals surface area contributed by atoms with Gasteiger partial charge in [0.15, 0.2) is 5.65 Å². The zero-order valence-corrected chi connectivity index (χ0v) is 18.1. The molecular formula is C23H28N6O2. The lowest BCUT2D eigenvalue weighted by Gasteiger charge is -2.33. The molecule has 1 aromatic carbocycles. The molecule has 4 N–H and O–H groups in total. The van der Waals surface area contributed by atoms with Crippen LogP contribution in [0.5, 0.6) is 0 Å². The van der Waals surface area contributed by atoms with E-state index in [9.17, 15) is 9.90 Å². The fourth-order valence-corrected chi connectivity index (χ4v) is 4.46. The van der Waals surface area contributed by atoms with E-state index in [4.69, 9.17) is 0 Å². The van der Waals surface area contributed by atoms with Crippen molar-refractivity contribution in [3.63, 3.8) is 0 Å². The maximum absolute atomic E-state index is 12.2. The van der Waals surface area contributed by atoms with Gasteiger partial charge >= 0.3 is 0 Å². The minimum absolute atomic E-state index is 0.00504. The van der Waals surface area contributed by atoms with Crippen molar-refractivity contribution in [3.8, 4) is 0 Å². The van der Waals surface area contributed by atoms with E-state index in [0.29, 0.717) is 12.0 Å². The average molecular weight is 421 g/mol. The molecule has 2 aliphatic rings. The van der Waals surface area contributed by atoms with Crippen LogP contribution < -0.4 is 16.0 Å². The molecule has 0 unspecified atom stereocenters. The van der Waals surface area contributed by atoms with Gasteiger partial charge in [0.05, 0.1) is 11.0 Å². The molecule has 162 valence electrons. The first-order valence-corrected chi connectivity index (χ1v) is 10.8. The summed E-state index contributed by atoms with van der Waals surface area (Å²) in [4.78, 5) is 16.8. The van der Waals surface area contributed by atoms with Crippen molar-refractivity contribution in [1.29, 1.82) is 0 Å². The van der Waals surface area contributed by atoms with Crippen molar-refractivity contribution in [1.82, 2.24) is 14.6 Å². The lowest BCUT2D eigenvalue weighted by atomic mass is 9.84. The number of aliphatic hydroxyl groups is 1. The summed E-state index contributed by atoms with van der Waals surface area (Å²) in [6, 6.07) is 12.0. The summed E-state index contributed by atoms with van der Waals surface area (Å²) in [7, 11) is 0. The van der Waals surface area contributed by atoms with Crippen LogP contribution in [0.4, 0.5) is 23.1 Å². The van der Waals surface area contributed by atoms with Gasteiger partial charge in [0.2, 0.25) is 11.9 Å². The highest BCUT2D eigenvalue weighted by atomic mass is 16.3. The van der Waals surface area contributed by atoms with Gasteiger partial charge in [-0.3, -0.25) is 4.79 Å². The summed E-state index contributed by atoms with van der Waals surface area (Å²) < 4.78 is 1.80. The molecule has 1 amide bonds. The van der Waals surface area contributed by atoms with E-state index < -0.39 is 11.0 Å². The number of hydrogen-bond acceptors (Lipinski definition) is 6. The fraction of sp³-hybridized carbons (Fsp3) is 0.435. The Morgan fingerprint density at radius 3 is 2.71 bits per heavy atom. The summed E-state index contributed by atoms with van der Waals surface area (Å²) in [5.74, 6) is 1.38. The lowest BCUT2D eigenvalue weighted by molar-refractivity contribution is -0.119. The smallest absolute Gasteiger partial charge is 0.247 e. The Bertz CT molecular complexity index is 1160. The number of aromatic nitrogens is 3. The monoisotopic (exact) mass is 420 g/mol. The van der Waals surface area contributed by atoms with Gasteiger partial charge in [0.25, 0.3) is 0 Å². The number of pyridine rings is 1. The van der Waals surface area contributed by atoms with Crippen molar-refractivity contribution >= 4 is 34.7 Å². The lowest BCUT2D eigenvalue weighted by Crippen LogP contribution is -2.36. The van der Waals surface area contributed by atoms with Crippen molar-refractivity contribution in [2.24, 2.45) is 0 Å². The van der Waals surface area contributed by atoms with Crippen molar-refractivity contribution in [3.05, 3.63) is 42.0 Å². The Labute approximate surface area is 181 Å². The van der Waals surface area contributed by atoms with Crippen LogP contribution in [0.15, 0.2) is 36.4 Å². The summed E-state index contributed by atoms with van der Waals surface area (Å²) in [5, 5.41) is 24.6. The number of anilines is 4. The van der Waals surface area contributed by atoms with Crippen LogP contribution in [0.25, 0.3) is 5.65 Å². The first-order valence-electron chi connectivity index (χ1n) is 10.8. The third-order valence-electron chi connectivity index (χ3n) is 6.54. The highest BCUT2D eigenvalue weighted by Crippen LogP contribution is 2.39. The minimum atomic E-state index is -0.556. The summed E-state index contributed by atoms with van der Waals surface area (Å²) in [6.07, 6.45) is 3.41. The van der Waals surface area contributed by atoms with Gasteiger partial charge in [0.1, 0.15) is 5.82 Å². The van der Waals surface area contributed by atoms with Crippen molar-refractivity contribution in [2.45, 2.75) is 63.5 Å². The predicted molar refractivity (Wildman–Crippen MR) is 121 cm³/mol. The van der Waals surface area contributed by atoms with E-state index in [1.54, 1.807) is 4.52 Å². The molecule has 8 nitrogen and oxygen atoms in total. The molecule has 1 aliphatic heterocycles. The highest BCUT2D eigenvalue weighted by Gasteiger charge is 2.38. The van der Waals surface area contributed by atoms with Gasteiger partial charge < -0.3 is 21.1 Å². The molecule has 0 atom stereocenters. The van der Waals surface area contributed by atoms with Crippen LogP contribution in [0.1, 0.15) is 52.0 Å². The second-order valence-electron chi connectivity index (χ2n) is 9.50. The summed E-state index contributed by atoms with van der Waals surface area (Å²) in [6.45, 7) is 5.75. The SMILES string of the molecule is CC1(C)C(=O)Nc2cc(Nc3nc4cccc(N[C@H]5CC[C@@](C)(O)CC5)n4n3)ccc21. The standard InChI is InChI=1S/C23H28N6O2/c1-22(2)16-8-7-15(13-17(16)26-20(22)30)25-21-27-19-6-4-5-18(29(19)28-21)24-14-9-11-23(3,31)12-10-14/h4-8,13-14,24,31H,9-12H2,1-3H3,(H,25,28)(H,26,30)/t14-,23+. The van der Waals surface area contributed by atoms with Crippen LogP contribution in [0.3, 0.4) is 0 Å². The fourth-order valence-electron chi connectivity index (χ4n) is 4.46. The Balaban J connectivity index is 1.36. The largest absolute Gasteiger partial charge is 0.390 e. The third kappa shape index (κ3) is 3.61. The second kappa shape index (κ2) is 6.95. The predicted octanol–water partition coefficient (Wildman–Crippen LogP) is 3.81. The zero-order chi connectivity index (χ0) is 21.8. The molecule has 3 aromatic rings. The van der Waals surface area contributed by atoms with Crippen molar-refractivity contribution < 1.29 is 9.90 Å². The number of amides is 1. The number of nitrogens with one attached hydrogen (secondary N) is 3. The zero-order valence-electron chi connectivity index (χ0n) is 18.1. The molecule has 31 heavy (non-hydrogen) atoms. The first kappa shape index (κ1) is 19.8. The molecular weight excluding hydrogens is 392 g/mol. The molecule has 1 aliphatic carbocycles. The van der Waals surface area contributed by atoms with E-state index in [2.05, 4.69) is 26.0 Å². The average Bonchev–Trinajstić information content (AvgIpc) is 3.22. The van der Waals surface area contributed by atoms with E-state index in [-0.39, 0.29) is 5.91 Å². The van der Waals surface area contributed by atoms with Crippen LogP contribution in [0, 0.1) is 0 Å². The van der Waals surface area contributed by atoms with Gasteiger partial charge in [-0.05, 0) is 76.3 Å². The van der Waals surface area contributed by atoms with Gasteiger partial charge in [-0.15, -0.1) is 5.10 Å².